The zero-order valence-electron chi connectivity index (χ0n) is 13.6. The van der Waals surface area contributed by atoms with Gasteiger partial charge in [-0.2, -0.15) is 0 Å². The van der Waals surface area contributed by atoms with Crippen LogP contribution in [0.2, 0.25) is 5.02 Å². The first kappa shape index (κ1) is 16.1. The predicted molar refractivity (Wildman–Crippen MR) is 102 cm³/mol. The molecule has 0 aliphatic heterocycles. The van der Waals surface area contributed by atoms with Gasteiger partial charge in [0, 0.05) is 22.4 Å². The van der Waals surface area contributed by atoms with E-state index in [0.717, 1.165) is 39.2 Å². The van der Waals surface area contributed by atoms with E-state index in [0.29, 0.717) is 5.89 Å². The maximum atomic E-state index is 5.98. The van der Waals surface area contributed by atoms with Crippen LogP contribution in [0.1, 0.15) is 16.3 Å². The molecule has 0 radical (unpaired) electrons. The van der Waals surface area contributed by atoms with Crippen LogP contribution in [-0.2, 0) is 6.42 Å². The number of thiazole rings is 1. The molecule has 0 aliphatic rings. The first-order valence-electron chi connectivity index (χ1n) is 7.91. The fourth-order valence-corrected chi connectivity index (χ4v) is 3.55. The lowest BCUT2D eigenvalue weighted by molar-refractivity contribution is 0.586. The lowest BCUT2D eigenvalue weighted by atomic mass is 10.2. The number of halogens is 1. The second-order valence-electron chi connectivity index (χ2n) is 5.73. The third-order valence-corrected chi connectivity index (χ3v) is 4.97. The summed E-state index contributed by atoms with van der Waals surface area (Å²) in [7, 11) is 0. The molecular weight excluding hydrogens is 352 g/mol. The molecule has 0 unspecified atom stereocenters. The summed E-state index contributed by atoms with van der Waals surface area (Å²) in [5.41, 5.74) is 3.83. The Hall–Kier alpha value is -2.43. The number of benzene rings is 2. The monoisotopic (exact) mass is 366 g/mol. The smallest absolute Gasteiger partial charge is 0.227 e. The average Bonchev–Trinajstić information content (AvgIpc) is 3.24. The van der Waals surface area contributed by atoms with Crippen LogP contribution < -0.4 is 0 Å². The molecule has 0 fully saturated rings. The highest BCUT2D eigenvalue weighted by atomic mass is 35.5. The van der Waals surface area contributed by atoms with Gasteiger partial charge in [0.25, 0.3) is 0 Å². The molecular formula is C20H15ClN2OS. The Morgan fingerprint density at radius 2 is 1.76 bits per heavy atom. The van der Waals surface area contributed by atoms with Crippen molar-refractivity contribution < 1.29 is 4.42 Å². The van der Waals surface area contributed by atoms with Crippen LogP contribution in [0.5, 0.6) is 0 Å². The number of aromatic nitrogens is 2. The number of hydrogen-bond acceptors (Lipinski definition) is 4. The minimum Gasteiger partial charge on any atom is -0.434 e. The van der Waals surface area contributed by atoms with E-state index in [-0.39, 0.29) is 0 Å². The molecule has 2 aromatic carbocycles. The van der Waals surface area contributed by atoms with Gasteiger partial charge in [-0.1, -0.05) is 41.9 Å². The second-order valence-corrected chi connectivity index (χ2v) is 7.11. The van der Waals surface area contributed by atoms with E-state index in [1.165, 1.54) is 5.56 Å². The minimum absolute atomic E-state index is 0.625. The standard InChI is InChI=1S/C20H15ClN2OS/c1-13-19(24-20(22-13)15-5-3-2-4-6-15)17-12-25-18(23-17)11-14-7-9-16(21)10-8-14/h2-10,12H,11H2,1H3. The van der Waals surface area contributed by atoms with Crippen molar-refractivity contribution in [3.63, 3.8) is 0 Å². The van der Waals surface area contributed by atoms with Gasteiger partial charge in [0.2, 0.25) is 5.89 Å². The van der Waals surface area contributed by atoms with Crippen molar-refractivity contribution in [1.29, 1.82) is 0 Å². The SMILES string of the molecule is Cc1nc(-c2ccccc2)oc1-c1csc(Cc2ccc(Cl)cc2)n1. The first-order valence-corrected chi connectivity index (χ1v) is 9.17. The highest BCUT2D eigenvalue weighted by molar-refractivity contribution is 7.10. The van der Waals surface area contributed by atoms with E-state index in [2.05, 4.69) is 4.98 Å². The molecule has 124 valence electrons. The van der Waals surface area contributed by atoms with E-state index < -0.39 is 0 Å². The summed E-state index contributed by atoms with van der Waals surface area (Å²) < 4.78 is 5.98. The molecule has 0 saturated heterocycles. The summed E-state index contributed by atoms with van der Waals surface area (Å²) in [5, 5.41) is 3.80. The summed E-state index contributed by atoms with van der Waals surface area (Å²) in [4.78, 5) is 9.26. The highest BCUT2D eigenvalue weighted by Gasteiger charge is 2.16. The van der Waals surface area contributed by atoms with Crippen molar-refractivity contribution >= 4 is 22.9 Å². The Morgan fingerprint density at radius 3 is 2.52 bits per heavy atom. The van der Waals surface area contributed by atoms with Crippen molar-refractivity contribution in [2.24, 2.45) is 0 Å². The van der Waals surface area contributed by atoms with Gasteiger partial charge in [0.05, 0.1) is 10.7 Å². The van der Waals surface area contributed by atoms with Gasteiger partial charge in [-0.3, -0.25) is 0 Å². The van der Waals surface area contributed by atoms with Crippen molar-refractivity contribution in [2.75, 3.05) is 0 Å². The molecule has 0 saturated carbocycles. The molecule has 0 aliphatic carbocycles. The molecule has 25 heavy (non-hydrogen) atoms. The molecule has 0 N–H and O–H groups in total. The summed E-state index contributed by atoms with van der Waals surface area (Å²) in [5.74, 6) is 1.36. The average molecular weight is 367 g/mol. The van der Waals surface area contributed by atoms with Crippen LogP contribution >= 0.6 is 22.9 Å². The topological polar surface area (TPSA) is 38.9 Å². The van der Waals surface area contributed by atoms with E-state index >= 15 is 0 Å². The fourth-order valence-electron chi connectivity index (χ4n) is 2.61. The van der Waals surface area contributed by atoms with E-state index in [1.807, 2.05) is 66.9 Å². The Balaban J connectivity index is 1.60. The van der Waals surface area contributed by atoms with Crippen LogP contribution in [0.25, 0.3) is 22.9 Å². The van der Waals surface area contributed by atoms with E-state index in [1.54, 1.807) is 11.3 Å². The summed E-state index contributed by atoms with van der Waals surface area (Å²) >= 11 is 7.56. The second kappa shape index (κ2) is 6.82. The number of hydrogen-bond donors (Lipinski definition) is 0. The summed E-state index contributed by atoms with van der Waals surface area (Å²) in [6, 6.07) is 17.8. The van der Waals surface area contributed by atoms with Crippen LogP contribution in [0, 0.1) is 6.92 Å². The molecule has 0 spiro atoms. The molecule has 3 nitrogen and oxygen atoms in total. The van der Waals surface area contributed by atoms with Crippen molar-refractivity contribution in [1.82, 2.24) is 9.97 Å². The summed E-state index contributed by atoms with van der Waals surface area (Å²) in [6.07, 6.45) is 0.778. The number of oxazole rings is 1. The van der Waals surface area contributed by atoms with Gasteiger partial charge in [0.1, 0.15) is 5.69 Å². The normalized spacial score (nSPS) is 11.0. The molecule has 5 heteroatoms. The Labute approximate surface area is 155 Å². The van der Waals surface area contributed by atoms with Crippen LogP contribution in [0.4, 0.5) is 0 Å². The molecule has 0 amide bonds. The predicted octanol–water partition coefficient (Wildman–Crippen LogP) is 6.02. The number of nitrogens with zero attached hydrogens (tertiary/aromatic N) is 2. The van der Waals surface area contributed by atoms with Crippen LogP contribution in [0.15, 0.2) is 64.4 Å². The zero-order chi connectivity index (χ0) is 17.2. The van der Waals surface area contributed by atoms with Crippen LogP contribution in [-0.4, -0.2) is 9.97 Å². The Kier molecular flexibility index (Phi) is 4.38. The molecule has 0 bridgehead atoms. The van der Waals surface area contributed by atoms with E-state index in [9.17, 15) is 0 Å². The Bertz CT molecular complexity index is 990. The molecule has 2 aromatic heterocycles. The first-order chi connectivity index (χ1) is 12.2. The highest BCUT2D eigenvalue weighted by Crippen LogP contribution is 2.30. The van der Waals surface area contributed by atoms with Crippen molar-refractivity contribution in [3.8, 4) is 22.9 Å². The fraction of sp³-hybridized carbons (Fsp3) is 0.100. The Morgan fingerprint density at radius 1 is 1.00 bits per heavy atom. The van der Waals surface area contributed by atoms with Gasteiger partial charge in [-0.25, -0.2) is 9.97 Å². The van der Waals surface area contributed by atoms with Gasteiger partial charge in [-0.05, 0) is 36.8 Å². The minimum atomic E-state index is 0.625. The molecule has 0 atom stereocenters. The maximum absolute atomic E-state index is 5.98. The third-order valence-electron chi connectivity index (χ3n) is 3.87. The number of rotatable bonds is 4. The van der Waals surface area contributed by atoms with Gasteiger partial charge in [0.15, 0.2) is 5.76 Å². The van der Waals surface area contributed by atoms with Gasteiger partial charge < -0.3 is 4.42 Å². The molecule has 2 heterocycles. The van der Waals surface area contributed by atoms with Crippen molar-refractivity contribution in [3.05, 3.63) is 81.3 Å². The van der Waals surface area contributed by atoms with Crippen molar-refractivity contribution in [2.45, 2.75) is 13.3 Å². The molecule has 4 rings (SSSR count). The lowest BCUT2D eigenvalue weighted by Gasteiger charge is -1.98. The van der Waals surface area contributed by atoms with E-state index in [4.69, 9.17) is 21.0 Å². The lowest BCUT2D eigenvalue weighted by Crippen LogP contribution is -1.87. The number of aryl methyl sites for hydroxylation is 1. The van der Waals surface area contributed by atoms with Gasteiger partial charge in [-0.15, -0.1) is 11.3 Å². The van der Waals surface area contributed by atoms with Gasteiger partial charge >= 0.3 is 0 Å². The quantitative estimate of drug-likeness (QED) is 0.443. The van der Waals surface area contributed by atoms with Crippen LogP contribution in [0.3, 0.4) is 0 Å². The maximum Gasteiger partial charge on any atom is 0.227 e. The zero-order valence-corrected chi connectivity index (χ0v) is 15.1. The molecule has 4 aromatic rings. The third kappa shape index (κ3) is 3.50. The largest absolute Gasteiger partial charge is 0.434 e. The summed E-state index contributed by atoms with van der Waals surface area (Å²) in [6.45, 7) is 1.95.